The van der Waals surface area contributed by atoms with Gasteiger partial charge in [-0.1, -0.05) is 13.0 Å². The van der Waals surface area contributed by atoms with Crippen molar-refractivity contribution in [1.82, 2.24) is 25.5 Å². The number of ether oxygens (including phenoxy) is 6. The molecule has 4 aliphatic heterocycles. The normalized spacial score (nSPS) is 20.8. The summed E-state index contributed by atoms with van der Waals surface area (Å²) < 4.78 is 34.1. The van der Waals surface area contributed by atoms with Gasteiger partial charge in [0.1, 0.15) is 37.3 Å². The number of aliphatic hydroxyl groups excluding tert-OH is 4. The molecule has 0 spiro atoms. The number of carboxylic acid groups (broad SMARTS) is 2. The third-order valence-corrected chi connectivity index (χ3v) is 12.3. The zero-order valence-corrected chi connectivity index (χ0v) is 38.1. The van der Waals surface area contributed by atoms with Gasteiger partial charge in [0.2, 0.25) is 30.8 Å². The number of fused-ring (bicyclic) bond motifs is 6. The maximum atomic E-state index is 13.7. The van der Waals surface area contributed by atoms with Gasteiger partial charge in [0, 0.05) is 61.5 Å². The summed E-state index contributed by atoms with van der Waals surface area (Å²) in [6, 6.07) is 8.83. The van der Waals surface area contributed by atoms with Crippen LogP contribution in [0, 0.1) is 5.92 Å². The summed E-state index contributed by atoms with van der Waals surface area (Å²) in [6.07, 6.45) is -13.0. The van der Waals surface area contributed by atoms with E-state index < -0.39 is 96.6 Å². The molecular weight excluding hydrogens is 957 g/mol. The Hall–Kier alpha value is -7.91. The number of amides is 4. The highest BCUT2D eigenvalue weighted by molar-refractivity contribution is 5.93. The molecule has 72 heavy (non-hydrogen) atoms. The molecule has 6 unspecified atom stereocenters. The summed E-state index contributed by atoms with van der Waals surface area (Å²) >= 11 is 0. The first-order valence-corrected chi connectivity index (χ1v) is 22.5. The average Bonchev–Trinajstić information content (AvgIpc) is 3.96. The first kappa shape index (κ1) is 50.5. The predicted molar refractivity (Wildman–Crippen MR) is 240 cm³/mol. The van der Waals surface area contributed by atoms with Crippen molar-refractivity contribution in [2.75, 3.05) is 25.2 Å². The summed E-state index contributed by atoms with van der Waals surface area (Å²) in [5.41, 5.74) is 2.02. The molecule has 8 rings (SSSR count). The summed E-state index contributed by atoms with van der Waals surface area (Å²) in [5, 5.41) is 71.3. The van der Waals surface area contributed by atoms with Crippen LogP contribution < -0.4 is 41.0 Å². The zero-order valence-electron chi connectivity index (χ0n) is 38.1. The van der Waals surface area contributed by atoms with E-state index in [4.69, 9.17) is 38.5 Å². The van der Waals surface area contributed by atoms with Gasteiger partial charge in [-0.25, -0.2) is 19.4 Å². The molecule has 2 aromatic carbocycles. The number of nitrogens with zero attached hydrogens (tertiary/aromatic N) is 2. The molecule has 4 amide bonds. The van der Waals surface area contributed by atoms with Crippen LogP contribution in [0.15, 0.2) is 41.2 Å². The van der Waals surface area contributed by atoms with Gasteiger partial charge in [-0.2, -0.15) is 0 Å². The lowest BCUT2D eigenvalue weighted by atomic mass is 9.98. The van der Waals surface area contributed by atoms with Gasteiger partial charge >= 0.3 is 24.0 Å². The number of nitrogens with one attached hydrogen (secondary N) is 4. The Bertz CT molecular complexity index is 2920. The summed E-state index contributed by atoms with van der Waals surface area (Å²) in [6.45, 7) is 0.403. The Morgan fingerprint density at radius 1 is 0.847 bits per heavy atom. The van der Waals surface area contributed by atoms with E-state index in [1.807, 2.05) is 0 Å². The Balaban J connectivity index is 0.955. The fourth-order valence-corrected chi connectivity index (χ4v) is 8.44. The number of anilines is 1. The molecule has 7 atom stereocenters. The van der Waals surface area contributed by atoms with Crippen LogP contribution in [-0.2, 0) is 69.3 Å². The van der Waals surface area contributed by atoms with Crippen LogP contribution in [0.5, 0.6) is 17.2 Å². The number of carboxylic acids is 2. The second kappa shape index (κ2) is 21.2. The number of cyclic esters (lactones) is 1. The lowest BCUT2D eigenvalue weighted by molar-refractivity contribution is -0.271. The smallest absolute Gasteiger partial charge is 0.407 e. The predicted octanol–water partition coefficient (Wildman–Crippen LogP) is -0.606. The number of esters is 1. The number of hydrogen-bond donors (Lipinski definition) is 10. The number of rotatable bonds is 18. The molecule has 10 N–H and O–H groups in total. The number of aliphatic carboxylic acids is 2. The molecule has 2 aromatic heterocycles. The molecule has 0 saturated carbocycles. The van der Waals surface area contributed by atoms with Crippen LogP contribution in [0.1, 0.15) is 66.5 Å². The maximum Gasteiger partial charge on any atom is 0.407 e. The molecule has 0 radical (unpaired) electrons. The van der Waals surface area contributed by atoms with Crippen LogP contribution in [0.25, 0.3) is 22.3 Å². The third-order valence-electron chi connectivity index (χ3n) is 12.3. The van der Waals surface area contributed by atoms with E-state index in [2.05, 4.69) is 21.3 Å². The third kappa shape index (κ3) is 10.6. The maximum absolute atomic E-state index is 13.7. The summed E-state index contributed by atoms with van der Waals surface area (Å²) in [5.74, 6) is -5.73. The number of pyridine rings is 2. The molecule has 1 fully saturated rings. The van der Waals surface area contributed by atoms with E-state index in [-0.39, 0.29) is 93.4 Å². The van der Waals surface area contributed by atoms with Gasteiger partial charge in [0.25, 0.3) is 5.56 Å². The van der Waals surface area contributed by atoms with Gasteiger partial charge in [-0.05, 0) is 41.8 Å². The standard InChI is InChI=1S/C46H48N6O20/c1-2-20(42(61)62)10-34(55)48-7-5-32(53)47-8-6-33(54)50-27-9-19(3-4-29(27)71-45-39(59)37(57)38(58)40(72-45)43(63)64)16-68-46(66)49-14-23-21-12-30-31(70-18-69-30)13-26(21)51-35-24(23)15-52-28(35)11-22-25(41(52)60)17-67-44(65)36(22)56/h3-4,9,11-13,20,36-40,45,56-59H,2,5-8,10,14-18H2,1H3,(H,47,53)(H,48,55)(H,49,66)(H,50,54)(H,61,62)(H,63,64)/t20?,36-,37?,38?,39?,40?,45?/m0/s1. The van der Waals surface area contributed by atoms with Crippen molar-refractivity contribution >= 4 is 58.3 Å². The van der Waals surface area contributed by atoms with E-state index in [1.54, 1.807) is 19.1 Å². The number of aromatic nitrogens is 2. The number of aliphatic hydroxyl groups is 4. The van der Waals surface area contributed by atoms with Crippen molar-refractivity contribution in [3.63, 3.8) is 0 Å². The zero-order chi connectivity index (χ0) is 51.5. The topological polar surface area (TPSA) is 379 Å². The lowest BCUT2D eigenvalue weighted by Gasteiger charge is -2.38. The Labute approximate surface area is 405 Å². The molecule has 4 aliphatic rings. The molecule has 26 nitrogen and oxygen atoms in total. The van der Waals surface area contributed by atoms with Crippen LogP contribution in [0.2, 0.25) is 0 Å². The molecule has 0 bridgehead atoms. The van der Waals surface area contributed by atoms with Crippen molar-refractivity contribution in [2.24, 2.45) is 5.92 Å². The number of carbonyl (C=O) groups is 7. The molecule has 1 saturated heterocycles. The number of alkyl carbamates (subject to hydrolysis) is 1. The summed E-state index contributed by atoms with van der Waals surface area (Å²) in [7, 11) is 0. The van der Waals surface area contributed by atoms with Gasteiger partial charge < -0.3 is 84.9 Å². The molecule has 0 aliphatic carbocycles. The Kier molecular flexibility index (Phi) is 14.9. The van der Waals surface area contributed by atoms with Crippen molar-refractivity contribution in [2.45, 2.75) is 95.7 Å². The second-order valence-corrected chi connectivity index (χ2v) is 17.0. The van der Waals surface area contributed by atoms with E-state index in [0.717, 1.165) is 0 Å². The van der Waals surface area contributed by atoms with Gasteiger partial charge in [0.05, 0.1) is 40.6 Å². The van der Waals surface area contributed by atoms with Crippen molar-refractivity contribution in [1.29, 1.82) is 0 Å². The highest BCUT2D eigenvalue weighted by atomic mass is 16.7. The van der Waals surface area contributed by atoms with Crippen molar-refractivity contribution in [3.05, 3.63) is 74.6 Å². The molecule has 382 valence electrons. The highest BCUT2D eigenvalue weighted by Gasteiger charge is 2.48. The van der Waals surface area contributed by atoms with Gasteiger partial charge in [0.15, 0.2) is 23.7 Å². The summed E-state index contributed by atoms with van der Waals surface area (Å²) in [4.78, 5) is 105. The fraction of sp³-hybridized carbons (Fsp3) is 0.413. The van der Waals surface area contributed by atoms with Gasteiger partial charge in [-0.15, -0.1) is 0 Å². The quantitative estimate of drug-likeness (QED) is 0.0490. The van der Waals surface area contributed by atoms with Crippen LogP contribution >= 0.6 is 0 Å². The minimum atomic E-state index is -2.02. The average molecular weight is 1000 g/mol. The number of benzene rings is 2. The van der Waals surface area contributed by atoms with Crippen molar-refractivity contribution < 1.29 is 92.6 Å². The SMILES string of the molecule is CCC(CC(=O)NCCC(=O)NCCC(=O)Nc1cc(COC(=O)NCc2c3c(nc4cc5c(cc24)OCO5)-c2cc4c(c(=O)n2C3)COC(=O)[C@H]4O)ccc1OC1OC(C(=O)O)C(O)C(O)C1O)C(=O)O. The van der Waals surface area contributed by atoms with E-state index >= 15 is 0 Å². The Morgan fingerprint density at radius 3 is 2.29 bits per heavy atom. The number of hydrogen-bond acceptors (Lipinski definition) is 19. The Morgan fingerprint density at radius 2 is 1.57 bits per heavy atom. The van der Waals surface area contributed by atoms with E-state index in [1.165, 1.54) is 28.8 Å². The first-order chi connectivity index (χ1) is 34.4. The van der Waals surface area contributed by atoms with Crippen LogP contribution in [-0.4, -0.2) is 133 Å². The van der Waals surface area contributed by atoms with Gasteiger partial charge in [-0.3, -0.25) is 24.0 Å². The lowest BCUT2D eigenvalue weighted by Crippen LogP contribution is -2.61. The minimum Gasteiger partial charge on any atom is -0.481 e. The largest absolute Gasteiger partial charge is 0.481 e. The van der Waals surface area contributed by atoms with Crippen molar-refractivity contribution in [3.8, 4) is 28.6 Å². The number of carbonyl (C=O) groups excluding carboxylic acids is 5. The minimum absolute atomic E-state index is 0.00964. The van der Waals surface area contributed by atoms with E-state index in [0.29, 0.717) is 44.9 Å². The van der Waals surface area contributed by atoms with Crippen LogP contribution in [0.4, 0.5) is 10.5 Å². The highest BCUT2D eigenvalue weighted by Crippen LogP contribution is 2.42. The molecular formula is C46H48N6O20. The monoisotopic (exact) mass is 1000 g/mol. The molecule has 4 aromatic rings. The van der Waals surface area contributed by atoms with E-state index in [9.17, 15) is 63.9 Å². The fourth-order valence-electron chi connectivity index (χ4n) is 8.44. The molecule has 26 heteroatoms. The molecule has 6 heterocycles. The van der Waals surface area contributed by atoms with Crippen LogP contribution in [0.3, 0.4) is 0 Å². The second-order valence-electron chi connectivity index (χ2n) is 17.0. The first-order valence-electron chi connectivity index (χ1n) is 22.5.